The van der Waals surface area contributed by atoms with Gasteiger partial charge in [0, 0.05) is 60.8 Å². The first-order valence-electron chi connectivity index (χ1n) is 32.4. The number of aliphatic hydroxyl groups excluding tert-OH is 2. The van der Waals surface area contributed by atoms with Crippen molar-refractivity contribution in [1.82, 2.24) is 29.4 Å². The van der Waals surface area contributed by atoms with E-state index in [2.05, 4.69) is 226 Å². The number of esters is 2. The van der Waals surface area contributed by atoms with Crippen molar-refractivity contribution in [3.63, 3.8) is 0 Å². The largest absolute Gasteiger partial charge is 0.0622 e. The van der Waals surface area contributed by atoms with Gasteiger partial charge in [-0.3, -0.25) is 9.59 Å². The molecule has 16 nitrogen and oxygen atoms in total. The Balaban J connectivity index is 0.000000154. The van der Waals surface area contributed by atoms with Gasteiger partial charge in [0.2, 0.25) is 11.2 Å². The van der Waals surface area contributed by atoms with Crippen LogP contribution < -0.4 is 31.8 Å². The number of hydrogen-bond acceptors (Lipinski definition) is 12. The molecule has 14 rings (SSSR count). The van der Waals surface area contributed by atoms with Gasteiger partial charge in [0.05, 0.1) is 49.8 Å². The summed E-state index contributed by atoms with van der Waals surface area (Å²) in [6.07, 6.45) is 5.58. The van der Waals surface area contributed by atoms with Crippen LogP contribution in [0.15, 0.2) is 271 Å². The van der Waals surface area contributed by atoms with Crippen molar-refractivity contribution < 1.29 is 65.0 Å². The van der Waals surface area contributed by atoms with Crippen molar-refractivity contribution >= 4 is 128 Å². The van der Waals surface area contributed by atoms with Gasteiger partial charge in [0.1, 0.15) is 0 Å². The molecule has 0 saturated carbocycles. The maximum Gasteiger partial charge on any atom is -0.0134 e. The topological polar surface area (TPSA) is 210 Å². The van der Waals surface area contributed by atoms with Crippen LogP contribution in [0.2, 0.25) is 0 Å². The van der Waals surface area contributed by atoms with Crippen molar-refractivity contribution in [3.8, 4) is 35.6 Å². The molecule has 2 amide bonds. The van der Waals surface area contributed by atoms with Gasteiger partial charge in [-0.25, -0.2) is 19.0 Å². The Morgan fingerprint density at radius 1 is 0.510 bits per heavy atom. The van der Waals surface area contributed by atoms with Gasteiger partial charge < -0.3 is 39.7 Å². The molecule has 0 aliphatic carbocycles. The second kappa shape index (κ2) is 38.4. The third kappa shape index (κ3) is 19.9. The molecule has 0 unspecified atom stereocenters. The van der Waals surface area contributed by atoms with E-state index < -0.39 is 44.9 Å². The SMILES string of the molecule is C#C[C@]1(O)CCN(C)C1=O.COC(=O)c1nn(-c2cccc(Br)c2)c2ccc(CO)cc12.COC(=O)c1nn(-c2cccc(C#C[C@]3(O)CCN(C)C3=O)c2)c2ccc(CO)cc12.[Cl][Pd][Cl].c1ccc(P(c2ccccc2)c2ccccc2)cc1.c1ccc(P(c2ccccc2)c2ccccc2)cc1. The Bertz CT molecular complexity index is 4670. The van der Waals surface area contributed by atoms with Gasteiger partial charge in [-0.15, -0.1) is 6.42 Å². The minimum absolute atomic E-state index is 0.0986. The number of aliphatic hydroxyl groups is 4. The molecular formula is C82H73BrCl2N6O10P2Pd. The summed E-state index contributed by atoms with van der Waals surface area (Å²) in [5.74, 6) is 5.81. The van der Waals surface area contributed by atoms with Gasteiger partial charge >= 0.3 is 46.9 Å². The molecule has 2 atom stereocenters. The van der Waals surface area contributed by atoms with Gasteiger partial charge in [0.25, 0.3) is 11.8 Å². The summed E-state index contributed by atoms with van der Waals surface area (Å²) in [6.45, 7) is 0.733. The van der Waals surface area contributed by atoms with Crippen molar-refractivity contribution in [2.45, 2.75) is 37.3 Å². The number of fused-ring (bicyclic) bond motifs is 2. The Hall–Kier alpha value is -9.44. The fourth-order valence-electron chi connectivity index (χ4n) is 11.2. The molecule has 0 radical (unpaired) electrons. The van der Waals surface area contributed by atoms with E-state index in [0.29, 0.717) is 58.2 Å². The van der Waals surface area contributed by atoms with Crippen LogP contribution in [0.3, 0.4) is 0 Å². The zero-order valence-corrected chi connectivity index (χ0v) is 63.4. The minimum atomic E-state index is -1.68. The fraction of sp³-hybridized carbons (Fsp3) is 0.146. The van der Waals surface area contributed by atoms with Crippen LogP contribution in [0.1, 0.15) is 50.5 Å². The zero-order valence-electron chi connectivity index (χ0n) is 57.0. The minimum Gasteiger partial charge on any atom is -0.0622 e. The molecule has 2 aliphatic heterocycles. The smallest absolute Gasteiger partial charge is 0.0134 e. The van der Waals surface area contributed by atoms with E-state index in [1.807, 2.05) is 36.4 Å². The number of benzene rings is 10. The standard InChI is InChI=1S/C23H21N3O5.2C18H15P.C16H13BrN2O3.C7H9NO2.2ClH.Pd/c1-25-11-10-23(30,22(25)29)9-8-15-4-3-5-17(12-15)26-19-7-6-16(14-27)13-18(19)20(24-26)21(28)31-2;2*1-4-10-16(11-5-1)19(17-12-6-2-7-13-17)18-14-8-3-9-15-18;1-22-16(21)15-13-7-10(9-20)5-6-14(13)19(18-15)12-4-2-3-11(17)8-12;1-3-7(10)4-5-8(2)6(7)9;;;/h3-7,12-13,27,30H,10-11,14H2,1-2H3;2*1-15H;2-8,20H,9H2,1H3;1,10H,4-5H2,2H3;2*1H;/q;;;;;;;+2/p-2/t23-;;;;7-;;;/m0...0.../s1. The van der Waals surface area contributed by atoms with Crippen molar-refractivity contribution in [1.29, 1.82) is 0 Å². The average molecular weight is 1620 g/mol. The molecule has 4 N–H and O–H groups in total. The van der Waals surface area contributed by atoms with E-state index in [0.717, 1.165) is 15.7 Å². The quantitative estimate of drug-likeness (QED) is 0.0390. The summed E-state index contributed by atoms with van der Waals surface area (Å²) >= 11 is 3.32. The first-order chi connectivity index (χ1) is 50.4. The Morgan fingerprint density at radius 2 is 0.846 bits per heavy atom. The normalized spacial score (nSPS) is 14.9. The van der Waals surface area contributed by atoms with E-state index in [-0.39, 0.29) is 52.9 Å². The van der Waals surface area contributed by atoms with Crippen LogP contribution in [0.4, 0.5) is 0 Å². The number of halogens is 3. The van der Waals surface area contributed by atoms with E-state index in [9.17, 15) is 39.6 Å². The molecule has 2 aliphatic rings. The number of ether oxygens (including phenoxy) is 2. The van der Waals surface area contributed by atoms with Gasteiger partial charge in [-0.1, -0.05) is 240 Å². The molecule has 2 fully saturated rings. The number of carbonyl (C=O) groups excluding carboxylic acids is 4. The number of amides is 2. The first-order valence-corrected chi connectivity index (χ1v) is 39.9. The maximum atomic E-state index is 12.2. The molecule has 532 valence electrons. The zero-order chi connectivity index (χ0) is 74.2. The van der Waals surface area contributed by atoms with E-state index in [1.165, 1.54) is 55.8 Å². The van der Waals surface area contributed by atoms with Gasteiger partial charge in [0.15, 0.2) is 11.4 Å². The molecule has 4 heterocycles. The molecule has 2 aromatic heterocycles. The fourth-order valence-corrected chi connectivity index (χ4v) is 16.2. The van der Waals surface area contributed by atoms with Gasteiger partial charge in [-0.05, 0) is 119 Å². The number of methoxy groups -OCH3 is 2. The predicted molar refractivity (Wildman–Crippen MR) is 416 cm³/mol. The number of nitrogens with zero attached hydrogens (tertiary/aromatic N) is 6. The molecular weight excluding hydrogens is 1550 g/mol. The van der Waals surface area contributed by atoms with E-state index in [1.54, 1.807) is 72.0 Å². The Labute approximate surface area is 631 Å². The Kier molecular flexibility index (Phi) is 29.0. The number of hydrogen-bond donors (Lipinski definition) is 4. The van der Waals surface area contributed by atoms with E-state index in [4.69, 9.17) is 35.0 Å². The van der Waals surface area contributed by atoms with Gasteiger partial charge in [-0.2, -0.15) is 10.2 Å². The number of aromatic nitrogens is 4. The predicted octanol–water partition coefficient (Wildman–Crippen LogP) is 11.8. The number of likely N-dealkylation sites (tertiary alicyclic amines) is 2. The van der Waals surface area contributed by atoms with Crippen LogP contribution in [0.5, 0.6) is 0 Å². The second-order valence-electron chi connectivity index (χ2n) is 23.4. The summed E-state index contributed by atoms with van der Waals surface area (Å²) < 4.78 is 13.9. The van der Waals surface area contributed by atoms with Crippen LogP contribution >= 0.6 is 50.8 Å². The molecule has 0 spiro atoms. The van der Waals surface area contributed by atoms with Crippen LogP contribution in [0, 0.1) is 24.2 Å². The average Bonchev–Trinajstić information content (AvgIpc) is 1.64. The summed E-state index contributed by atoms with van der Waals surface area (Å²) in [4.78, 5) is 50.2. The molecule has 2 saturated heterocycles. The van der Waals surface area contributed by atoms with Crippen molar-refractivity contribution in [2.75, 3.05) is 41.4 Å². The summed E-state index contributed by atoms with van der Waals surface area (Å²) in [5, 5.41) is 57.0. The van der Waals surface area contributed by atoms with Crippen molar-refractivity contribution in [2.24, 2.45) is 0 Å². The van der Waals surface area contributed by atoms with Crippen molar-refractivity contribution in [3.05, 3.63) is 299 Å². The molecule has 104 heavy (non-hydrogen) atoms. The number of likely N-dealkylation sites (N-methyl/N-ethyl adjacent to an activating group) is 2. The molecule has 10 aromatic carbocycles. The maximum absolute atomic E-state index is 12.2. The van der Waals surface area contributed by atoms with E-state index >= 15 is 0 Å². The number of carbonyl (C=O) groups is 4. The molecule has 0 bridgehead atoms. The van der Waals surface area contributed by atoms with Crippen LogP contribution in [-0.4, -0.2) is 126 Å². The third-order valence-corrected chi connectivity index (χ3v) is 21.9. The van der Waals surface area contributed by atoms with Crippen LogP contribution in [0.25, 0.3) is 33.2 Å². The third-order valence-electron chi connectivity index (χ3n) is 16.5. The summed E-state index contributed by atoms with van der Waals surface area (Å²) in [5.41, 5.74) is 2.02. The monoisotopic (exact) mass is 1620 g/mol. The number of rotatable bonds is 12. The summed E-state index contributed by atoms with van der Waals surface area (Å²) in [7, 11) is 14.6. The van der Waals surface area contributed by atoms with Crippen LogP contribution in [-0.2, 0) is 48.2 Å². The summed E-state index contributed by atoms with van der Waals surface area (Å²) in [6, 6.07) is 90.0. The molecule has 12 aromatic rings. The molecule has 22 heteroatoms. The number of terminal acetylenes is 1. The second-order valence-corrected chi connectivity index (χ2v) is 31.1. The first kappa shape index (κ1) is 78.7. The Morgan fingerprint density at radius 3 is 1.14 bits per heavy atom.